The highest BCUT2D eigenvalue weighted by atomic mass is 35.5. The third-order valence-corrected chi connectivity index (χ3v) is 4.04. The van der Waals surface area contributed by atoms with Gasteiger partial charge in [0.15, 0.2) is 10.6 Å². The lowest BCUT2D eigenvalue weighted by Gasteiger charge is -2.10. The Balaban J connectivity index is 2.27. The number of benzene rings is 1. The number of aryl methyl sites for hydroxylation is 1. The van der Waals surface area contributed by atoms with Gasteiger partial charge >= 0.3 is 0 Å². The number of H-pyrrole nitrogens is 1. The van der Waals surface area contributed by atoms with E-state index < -0.39 is 0 Å². The van der Waals surface area contributed by atoms with Crippen LogP contribution < -0.4 is 0 Å². The molecule has 0 spiro atoms. The predicted octanol–water partition coefficient (Wildman–Crippen LogP) is 4.61. The second-order valence-corrected chi connectivity index (χ2v) is 5.68. The Labute approximate surface area is 136 Å². The fourth-order valence-electron chi connectivity index (χ4n) is 2.02. The van der Waals surface area contributed by atoms with Gasteiger partial charge in [-0.05, 0) is 49.0 Å². The van der Waals surface area contributed by atoms with E-state index in [1.807, 2.05) is 19.1 Å². The first-order chi connectivity index (χ1) is 10.1. The molecule has 1 N–H and O–H groups in total. The molecule has 21 heavy (non-hydrogen) atoms. The summed E-state index contributed by atoms with van der Waals surface area (Å²) in [5, 5.41) is 8.22. The van der Waals surface area contributed by atoms with Crippen molar-refractivity contribution in [3.63, 3.8) is 0 Å². The number of pyridine rings is 1. The molecule has 0 aliphatic rings. The van der Waals surface area contributed by atoms with E-state index in [-0.39, 0.29) is 0 Å². The van der Waals surface area contributed by atoms with E-state index in [4.69, 9.17) is 35.4 Å². The maximum Gasteiger partial charge on any atom is 0.200 e. The summed E-state index contributed by atoms with van der Waals surface area (Å²) in [6.45, 7) is 1.90. The lowest BCUT2D eigenvalue weighted by molar-refractivity contribution is 1.03. The molecular formula is C14H10Cl2N4S. The number of nitrogens with zero attached hydrogens (tertiary/aromatic N) is 3. The minimum Gasteiger partial charge on any atom is -0.267 e. The van der Waals surface area contributed by atoms with E-state index in [2.05, 4.69) is 15.2 Å². The number of hydrogen-bond acceptors (Lipinski definition) is 3. The molecule has 0 bridgehead atoms. The molecule has 0 aliphatic carbocycles. The minimum atomic E-state index is 0.440. The largest absolute Gasteiger partial charge is 0.267 e. The molecule has 0 radical (unpaired) electrons. The molecule has 0 amide bonds. The molecule has 0 fully saturated rings. The molecule has 2 heterocycles. The van der Waals surface area contributed by atoms with E-state index in [1.54, 1.807) is 29.1 Å². The van der Waals surface area contributed by atoms with Crippen LogP contribution in [0.15, 0.2) is 36.7 Å². The molecule has 0 unspecified atom stereocenters. The maximum atomic E-state index is 6.34. The molecule has 106 valence electrons. The smallest absolute Gasteiger partial charge is 0.200 e. The van der Waals surface area contributed by atoms with Crippen molar-refractivity contribution < 1.29 is 0 Å². The number of nitrogens with one attached hydrogen (secondary N) is 1. The number of aromatic amines is 1. The Kier molecular flexibility index (Phi) is 3.80. The van der Waals surface area contributed by atoms with Gasteiger partial charge in [-0.3, -0.25) is 14.6 Å². The van der Waals surface area contributed by atoms with Gasteiger partial charge in [-0.1, -0.05) is 23.2 Å². The zero-order valence-electron chi connectivity index (χ0n) is 11.0. The van der Waals surface area contributed by atoms with Crippen molar-refractivity contribution in [2.24, 2.45) is 0 Å². The summed E-state index contributed by atoms with van der Waals surface area (Å²) in [7, 11) is 0. The first kappa shape index (κ1) is 14.3. The molecule has 3 rings (SSSR count). The SMILES string of the molecule is Cc1cc(Cl)c(-n2c(-c3cccnc3)n[nH]c2=S)cc1Cl. The van der Waals surface area contributed by atoms with Crippen LogP contribution in [0.3, 0.4) is 0 Å². The van der Waals surface area contributed by atoms with Gasteiger partial charge in [0, 0.05) is 23.0 Å². The van der Waals surface area contributed by atoms with Crippen LogP contribution in [0.5, 0.6) is 0 Å². The molecule has 0 saturated heterocycles. The summed E-state index contributed by atoms with van der Waals surface area (Å²) >= 11 is 17.9. The number of rotatable bonds is 2. The normalized spacial score (nSPS) is 10.8. The van der Waals surface area contributed by atoms with Crippen molar-refractivity contribution >= 4 is 35.4 Å². The molecule has 3 aromatic rings. The van der Waals surface area contributed by atoms with E-state index in [1.165, 1.54) is 0 Å². The van der Waals surface area contributed by atoms with Gasteiger partial charge in [0.1, 0.15) is 0 Å². The summed E-state index contributed by atoms with van der Waals surface area (Å²) in [4.78, 5) is 4.10. The van der Waals surface area contributed by atoms with Gasteiger partial charge in [0.2, 0.25) is 0 Å². The van der Waals surface area contributed by atoms with E-state index in [0.717, 1.165) is 11.1 Å². The monoisotopic (exact) mass is 336 g/mol. The van der Waals surface area contributed by atoms with Crippen molar-refractivity contribution in [3.8, 4) is 17.1 Å². The van der Waals surface area contributed by atoms with Crippen LogP contribution in [-0.2, 0) is 0 Å². The Morgan fingerprint density at radius 2 is 2.05 bits per heavy atom. The van der Waals surface area contributed by atoms with E-state index >= 15 is 0 Å². The van der Waals surface area contributed by atoms with Crippen molar-refractivity contribution in [2.45, 2.75) is 6.92 Å². The van der Waals surface area contributed by atoms with Gasteiger partial charge < -0.3 is 0 Å². The Bertz CT molecular complexity index is 855. The zero-order valence-corrected chi connectivity index (χ0v) is 13.3. The summed E-state index contributed by atoms with van der Waals surface area (Å²) in [5.41, 5.74) is 2.42. The lowest BCUT2D eigenvalue weighted by Crippen LogP contribution is -1.99. The van der Waals surface area contributed by atoms with Crippen molar-refractivity contribution in [1.82, 2.24) is 19.7 Å². The second kappa shape index (κ2) is 5.60. The highest BCUT2D eigenvalue weighted by Crippen LogP contribution is 2.30. The standard InChI is InChI=1S/C14H10Cl2N4S/c1-8-5-11(16)12(6-10(8)15)20-13(18-19-14(20)21)9-3-2-4-17-7-9/h2-7H,1H3,(H,19,21). The van der Waals surface area contributed by atoms with E-state index in [0.29, 0.717) is 26.3 Å². The lowest BCUT2D eigenvalue weighted by atomic mass is 10.2. The topological polar surface area (TPSA) is 46.5 Å². The van der Waals surface area contributed by atoms with Crippen LogP contribution >= 0.6 is 35.4 Å². The first-order valence-electron chi connectivity index (χ1n) is 6.12. The van der Waals surface area contributed by atoms with Gasteiger partial charge in [-0.15, -0.1) is 0 Å². The maximum absolute atomic E-state index is 6.34. The fourth-order valence-corrected chi connectivity index (χ4v) is 2.71. The van der Waals surface area contributed by atoms with Crippen LogP contribution in [0.1, 0.15) is 5.56 Å². The number of halogens is 2. The number of hydrogen-bond donors (Lipinski definition) is 1. The minimum absolute atomic E-state index is 0.440. The summed E-state index contributed by atoms with van der Waals surface area (Å²) in [5.74, 6) is 0.634. The first-order valence-corrected chi connectivity index (χ1v) is 7.28. The van der Waals surface area contributed by atoms with Crippen LogP contribution in [0.25, 0.3) is 17.1 Å². The molecular weight excluding hydrogens is 327 g/mol. The zero-order chi connectivity index (χ0) is 15.0. The molecule has 7 heteroatoms. The number of aromatic nitrogens is 4. The van der Waals surface area contributed by atoms with Crippen molar-refractivity contribution in [1.29, 1.82) is 0 Å². The average Bonchev–Trinajstić information content (AvgIpc) is 2.85. The van der Waals surface area contributed by atoms with Crippen LogP contribution in [0.4, 0.5) is 0 Å². The summed E-state index contributed by atoms with van der Waals surface area (Å²) < 4.78 is 2.19. The molecule has 0 aliphatic heterocycles. The Hall–Kier alpha value is -1.69. The molecule has 0 saturated carbocycles. The summed E-state index contributed by atoms with van der Waals surface area (Å²) in [6, 6.07) is 7.32. The predicted molar refractivity (Wildman–Crippen MR) is 86.7 cm³/mol. The third-order valence-electron chi connectivity index (χ3n) is 3.06. The van der Waals surface area contributed by atoms with Gasteiger partial charge in [-0.25, -0.2) is 0 Å². The third kappa shape index (κ3) is 2.60. The summed E-state index contributed by atoms with van der Waals surface area (Å²) in [6.07, 6.45) is 3.41. The van der Waals surface area contributed by atoms with Crippen LogP contribution in [0, 0.1) is 11.7 Å². The van der Waals surface area contributed by atoms with Crippen LogP contribution in [-0.4, -0.2) is 19.7 Å². The molecule has 2 aromatic heterocycles. The van der Waals surface area contributed by atoms with E-state index in [9.17, 15) is 0 Å². The Morgan fingerprint density at radius 3 is 2.76 bits per heavy atom. The quantitative estimate of drug-likeness (QED) is 0.695. The van der Waals surface area contributed by atoms with Crippen LogP contribution in [0.2, 0.25) is 10.0 Å². The fraction of sp³-hybridized carbons (Fsp3) is 0.0714. The second-order valence-electron chi connectivity index (χ2n) is 4.48. The Morgan fingerprint density at radius 1 is 1.24 bits per heavy atom. The molecule has 4 nitrogen and oxygen atoms in total. The van der Waals surface area contributed by atoms with Crippen molar-refractivity contribution in [2.75, 3.05) is 0 Å². The highest BCUT2D eigenvalue weighted by molar-refractivity contribution is 7.71. The average molecular weight is 337 g/mol. The molecule has 0 atom stereocenters. The van der Waals surface area contributed by atoms with Gasteiger partial charge in [0.05, 0.1) is 10.7 Å². The highest BCUT2D eigenvalue weighted by Gasteiger charge is 2.14. The van der Waals surface area contributed by atoms with Gasteiger partial charge in [-0.2, -0.15) is 5.10 Å². The molecule has 1 aromatic carbocycles. The van der Waals surface area contributed by atoms with Crippen molar-refractivity contribution in [3.05, 3.63) is 57.0 Å². The van der Waals surface area contributed by atoms with Gasteiger partial charge in [0.25, 0.3) is 0 Å².